The van der Waals surface area contributed by atoms with Crippen molar-refractivity contribution in [2.75, 3.05) is 13.1 Å². The van der Waals surface area contributed by atoms with Crippen LogP contribution in [-0.2, 0) is 0 Å². The van der Waals surface area contributed by atoms with Gasteiger partial charge in [0.2, 0.25) is 0 Å². The van der Waals surface area contributed by atoms with Crippen molar-refractivity contribution >= 4 is 0 Å². The Bertz CT molecular complexity index is 121. The standard InChI is InChI=1S/C7H12FN/c1-7(8)4-9(5-7)6-2-3-6/h6H,2-5H2,1H3. The van der Waals surface area contributed by atoms with Crippen molar-refractivity contribution in [2.45, 2.75) is 31.5 Å². The highest BCUT2D eigenvalue weighted by Crippen LogP contribution is 2.35. The van der Waals surface area contributed by atoms with E-state index in [1.807, 2.05) is 0 Å². The smallest absolute Gasteiger partial charge is 0.133 e. The summed E-state index contributed by atoms with van der Waals surface area (Å²) in [5, 5.41) is 0. The molecule has 2 aliphatic rings. The van der Waals surface area contributed by atoms with E-state index in [0.29, 0.717) is 13.1 Å². The first-order chi connectivity index (χ1) is 4.17. The van der Waals surface area contributed by atoms with Gasteiger partial charge in [0.1, 0.15) is 5.67 Å². The summed E-state index contributed by atoms with van der Waals surface area (Å²) in [7, 11) is 0. The summed E-state index contributed by atoms with van der Waals surface area (Å²) in [4.78, 5) is 2.24. The van der Waals surface area contributed by atoms with Crippen LogP contribution < -0.4 is 0 Å². The third-order valence-electron chi connectivity index (χ3n) is 2.13. The van der Waals surface area contributed by atoms with Gasteiger partial charge in [-0.15, -0.1) is 0 Å². The molecule has 0 amide bonds. The highest BCUT2D eigenvalue weighted by Gasteiger charge is 2.45. The van der Waals surface area contributed by atoms with Gasteiger partial charge >= 0.3 is 0 Å². The average molecular weight is 129 g/mol. The molecule has 1 nitrogen and oxygen atoms in total. The molecular weight excluding hydrogens is 117 g/mol. The molecule has 0 radical (unpaired) electrons. The van der Waals surface area contributed by atoms with Gasteiger partial charge in [0.15, 0.2) is 0 Å². The average Bonchev–Trinajstić information content (AvgIpc) is 2.37. The van der Waals surface area contributed by atoms with Gasteiger partial charge in [-0.05, 0) is 19.8 Å². The lowest BCUT2D eigenvalue weighted by Crippen LogP contribution is -2.57. The van der Waals surface area contributed by atoms with Gasteiger partial charge in [0, 0.05) is 19.1 Å². The van der Waals surface area contributed by atoms with E-state index in [1.165, 1.54) is 12.8 Å². The minimum atomic E-state index is -0.859. The summed E-state index contributed by atoms with van der Waals surface area (Å²) in [5.41, 5.74) is -0.859. The van der Waals surface area contributed by atoms with Crippen molar-refractivity contribution in [3.05, 3.63) is 0 Å². The van der Waals surface area contributed by atoms with Crippen LogP contribution in [0, 0.1) is 0 Å². The highest BCUT2D eigenvalue weighted by molar-refractivity contribution is 4.99. The van der Waals surface area contributed by atoms with E-state index in [2.05, 4.69) is 4.90 Å². The predicted octanol–water partition coefficient (Wildman–Crippen LogP) is 1.19. The summed E-state index contributed by atoms with van der Waals surface area (Å²) < 4.78 is 12.8. The number of rotatable bonds is 1. The lowest BCUT2D eigenvalue weighted by molar-refractivity contribution is -0.0227. The van der Waals surface area contributed by atoms with E-state index in [1.54, 1.807) is 6.92 Å². The van der Waals surface area contributed by atoms with Gasteiger partial charge in [0.05, 0.1) is 0 Å². The number of halogens is 1. The first-order valence-electron chi connectivity index (χ1n) is 3.60. The van der Waals surface area contributed by atoms with Crippen LogP contribution in [0.25, 0.3) is 0 Å². The Balaban J connectivity index is 1.83. The molecule has 2 heteroatoms. The number of hydrogen-bond donors (Lipinski definition) is 0. The lowest BCUT2D eigenvalue weighted by atomic mass is 9.99. The molecule has 1 aliphatic heterocycles. The minimum Gasteiger partial charge on any atom is -0.294 e. The first-order valence-corrected chi connectivity index (χ1v) is 3.60. The molecule has 9 heavy (non-hydrogen) atoms. The van der Waals surface area contributed by atoms with Crippen LogP contribution in [0.15, 0.2) is 0 Å². The van der Waals surface area contributed by atoms with Crippen molar-refractivity contribution in [1.82, 2.24) is 4.90 Å². The Kier molecular flexibility index (Phi) is 0.933. The van der Waals surface area contributed by atoms with Gasteiger partial charge in [-0.3, -0.25) is 4.90 Å². The zero-order valence-electron chi connectivity index (χ0n) is 5.73. The maximum Gasteiger partial charge on any atom is 0.133 e. The van der Waals surface area contributed by atoms with E-state index in [4.69, 9.17) is 0 Å². The van der Waals surface area contributed by atoms with E-state index in [-0.39, 0.29) is 0 Å². The van der Waals surface area contributed by atoms with E-state index < -0.39 is 5.67 Å². The SMILES string of the molecule is CC1(F)CN(C2CC2)C1. The van der Waals surface area contributed by atoms with Crippen LogP contribution >= 0.6 is 0 Å². The quantitative estimate of drug-likeness (QED) is 0.514. The summed E-state index contributed by atoms with van der Waals surface area (Å²) in [6.45, 7) is 3.04. The third-order valence-corrected chi connectivity index (χ3v) is 2.13. The molecule has 0 spiro atoms. The maximum atomic E-state index is 12.8. The molecule has 0 aromatic carbocycles. The molecule has 1 saturated carbocycles. The Labute approximate surface area is 54.8 Å². The fraction of sp³-hybridized carbons (Fsp3) is 1.00. The minimum absolute atomic E-state index is 0.678. The van der Waals surface area contributed by atoms with E-state index >= 15 is 0 Å². The zero-order valence-corrected chi connectivity index (χ0v) is 5.73. The van der Waals surface area contributed by atoms with Crippen LogP contribution in [0.4, 0.5) is 4.39 Å². The number of nitrogens with zero attached hydrogens (tertiary/aromatic N) is 1. The van der Waals surface area contributed by atoms with Gasteiger partial charge in [-0.2, -0.15) is 0 Å². The number of likely N-dealkylation sites (tertiary alicyclic amines) is 1. The summed E-state index contributed by atoms with van der Waals surface area (Å²) in [5.74, 6) is 0. The summed E-state index contributed by atoms with van der Waals surface area (Å²) >= 11 is 0. The second-order valence-corrected chi connectivity index (χ2v) is 3.55. The predicted molar refractivity (Wildman–Crippen MR) is 34.1 cm³/mol. The monoisotopic (exact) mass is 129 g/mol. The molecule has 1 heterocycles. The van der Waals surface area contributed by atoms with Crippen molar-refractivity contribution in [1.29, 1.82) is 0 Å². The topological polar surface area (TPSA) is 3.24 Å². The molecule has 0 aromatic rings. The molecule has 2 rings (SSSR count). The molecule has 52 valence electrons. The highest BCUT2D eigenvalue weighted by atomic mass is 19.1. The van der Waals surface area contributed by atoms with Crippen molar-refractivity contribution in [3.8, 4) is 0 Å². The van der Waals surface area contributed by atoms with E-state index in [0.717, 1.165) is 6.04 Å². The van der Waals surface area contributed by atoms with Gasteiger partial charge in [0.25, 0.3) is 0 Å². The maximum absolute atomic E-state index is 12.8. The Morgan fingerprint density at radius 3 is 2.33 bits per heavy atom. The molecule has 0 unspecified atom stereocenters. The Morgan fingerprint density at radius 1 is 1.44 bits per heavy atom. The molecular formula is C7H12FN. The summed E-state index contributed by atoms with van der Waals surface area (Å²) in [6, 6.07) is 0.758. The largest absolute Gasteiger partial charge is 0.294 e. The van der Waals surface area contributed by atoms with Crippen molar-refractivity contribution in [2.24, 2.45) is 0 Å². The molecule has 0 bridgehead atoms. The van der Waals surface area contributed by atoms with Gasteiger partial charge in [-0.1, -0.05) is 0 Å². The van der Waals surface area contributed by atoms with Crippen LogP contribution in [0.5, 0.6) is 0 Å². The molecule has 0 aromatic heterocycles. The normalized spacial score (nSPS) is 34.0. The lowest BCUT2D eigenvalue weighted by Gasteiger charge is -2.42. The van der Waals surface area contributed by atoms with E-state index in [9.17, 15) is 4.39 Å². The fourth-order valence-corrected chi connectivity index (χ4v) is 1.50. The third kappa shape index (κ3) is 0.960. The van der Waals surface area contributed by atoms with Crippen molar-refractivity contribution in [3.63, 3.8) is 0 Å². The zero-order chi connectivity index (χ0) is 6.48. The second kappa shape index (κ2) is 1.48. The van der Waals surface area contributed by atoms with Gasteiger partial charge in [-0.25, -0.2) is 4.39 Å². The van der Waals surface area contributed by atoms with Gasteiger partial charge < -0.3 is 0 Å². The van der Waals surface area contributed by atoms with Crippen LogP contribution in [0.3, 0.4) is 0 Å². The summed E-state index contributed by atoms with van der Waals surface area (Å²) in [6.07, 6.45) is 2.60. The molecule has 1 saturated heterocycles. The fourth-order valence-electron chi connectivity index (χ4n) is 1.50. The molecule has 0 N–H and O–H groups in total. The Morgan fingerprint density at radius 2 is 2.00 bits per heavy atom. The van der Waals surface area contributed by atoms with Crippen LogP contribution in [-0.4, -0.2) is 29.7 Å². The molecule has 0 atom stereocenters. The Hall–Kier alpha value is -0.110. The number of hydrogen-bond acceptors (Lipinski definition) is 1. The molecule has 1 aliphatic carbocycles. The van der Waals surface area contributed by atoms with Crippen LogP contribution in [0.1, 0.15) is 19.8 Å². The molecule has 2 fully saturated rings. The van der Waals surface area contributed by atoms with Crippen LogP contribution in [0.2, 0.25) is 0 Å². The second-order valence-electron chi connectivity index (χ2n) is 3.55. The number of alkyl halides is 1. The first kappa shape index (κ1) is 5.66. The van der Waals surface area contributed by atoms with Crippen molar-refractivity contribution < 1.29 is 4.39 Å².